The van der Waals surface area contributed by atoms with Crippen molar-refractivity contribution in [3.05, 3.63) is 82.2 Å². The molecule has 1 N–H and O–H groups in total. The van der Waals surface area contributed by atoms with Gasteiger partial charge in [0.2, 0.25) is 0 Å². The van der Waals surface area contributed by atoms with Gasteiger partial charge in [0.05, 0.1) is 16.7 Å². The zero-order valence-corrected chi connectivity index (χ0v) is 22.0. The Labute approximate surface area is 232 Å². The van der Waals surface area contributed by atoms with Gasteiger partial charge in [-0.05, 0) is 66.3 Å². The van der Waals surface area contributed by atoms with Gasteiger partial charge in [0, 0.05) is 35.9 Å². The Kier molecular flexibility index (Phi) is 8.09. The molecule has 5 rings (SSSR count). The summed E-state index contributed by atoms with van der Waals surface area (Å²) in [7, 11) is 0. The van der Waals surface area contributed by atoms with Crippen molar-refractivity contribution in [2.45, 2.75) is 38.5 Å². The van der Waals surface area contributed by atoms with Crippen LogP contribution in [0.15, 0.2) is 61.1 Å². The quantitative estimate of drug-likeness (QED) is 0.194. The van der Waals surface area contributed by atoms with E-state index in [2.05, 4.69) is 9.72 Å². The summed E-state index contributed by atoms with van der Waals surface area (Å²) in [5.41, 5.74) is 1.74. The Bertz CT molecular complexity index is 1470. The molecule has 2 aromatic carbocycles. The van der Waals surface area contributed by atoms with Crippen LogP contribution in [0.3, 0.4) is 0 Å². The summed E-state index contributed by atoms with van der Waals surface area (Å²) in [6.45, 7) is -2.77. The van der Waals surface area contributed by atoms with E-state index >= 15 is 0 Å². The van der Waals surface area contributed by atoms with Gasteiger partial charge in [0.25, 0.3) is 0 Å². The first-order valence-electron chi connectivity index (χ1n) is 12.2. The molecule has 1 aliphatic rings. The summed E-state index contributed by atoms with van der Waals surface area (Å²) >= 11 is 12.7. The fraction of sp³-hybridized carbons (Fsp3) is 0.286. The average molecular weight is 577 g/mol. The minimum atomic E-state index is -3.03. The van der Waals surface area contributed by atoms with Crippen LogP contribution in [0.25, 0.3) is 10.9 Å². The van der Waals surface area contributed by atoms with Gasteiger partial charge in [-0.25, -0.2) is 0 Å². The molecular weight excluding hydrogens is 553 g/mol. The number of pyridine rings is 1. The van der Waals surface area contributed by atoms with Crippen molar-refractivity contribution in [1.82, 2.24) is 9.55 Å². The predicted molar refractivity (Wildman–Crippen MR) is 142 cm³/mol. The summed E-state index contributed by atoms with van der Waals surface area (Å²) in [5.74, 6) is -0.0481. The standard InChI is InChI=1S/C28H24Cl2F2N2O5/c29-21-12-33-13-22(30)20(21)11-25(38-27(36)14-34-8-7-17-9-19(35)4-5-23(17)34)18-3-6-24(39-28(31)32)26(10-18)37-15-16-1-2-16/h3-10,12-13,16,25,28,35H,1-2,11,14-15H2/t25-/m0/s1. The number of alkyl halides is 2. The van der Waals surface area contributed by atoms with Crippen LogP contribution < -0.4 is 9.47 Å². The van der Waals surface area contributed by atoms with Crippen LogP contribution in [0.1, 0.15) is 30.1 Å². The van der Waals surface area contributed by atoms with Gasteiger partial charge in [0.1, 0.15) is 18.4 Å². The summed E-state index contributed by atoms with van der Waals surface area (Å²) < 4.78 is 44.2. The molecule has 204 valence electrons. The fourth-order valence-corrected chi connectivity index (χ4v) is 4.75. The Morgan fingerprint density at radius 2 is 1.85 bits per heavy atom. The Balaban J connectivity index is 1.44. The zero-order chi connectivity index (χ0) is 27.5. The largest absolute Gasteiger partial charge is 0.508 e. The number of fused-ring (bicyclic) bond motifs is 1. The van der Waals surface area contributed by atoms with E-state index in [4.69, 9.17) is 32.7 Å². The number of halogens is 4. The number of carbonyl (C=O) groups is 1. The minimum Gasteiger partial charge on any atom is -0.508 e. The Morgan fingerprint density at radius 1 is 1.08 bits per heavy atom. The van der Waals surface area contributed by atoms with E-state index in [9.17, 15) is 18.7 Å². The lowest BCUT2D eigenvalue weighted by Gasteiger charge is -2.22. The molecule has 0 bridgehead atoms. The van der Waals surface area contributed by atoms with Crippen LogP contribution in [0.5, 0.6) is 17.2 Å². The molecule has 0 amide bonds. The number of hydrogen-bond donors (Lipinski definition) is 1. The van der Waals surface area contributed by atoms with E-state index in [1.807, 2.05) is 0 Å². The lowest BCUT2D eigenvalue weighted by Crippen LogP contribution is -2.19. The molecule has 1 atom stereocenters. The molecule has 0 radical (unpaired) electrons. The van der Waals surface area contributed by atoms with Gasteiger partial charge in [0.15, 0.2) is 11.5 Å². The second kappa shape index (κ2) is 11.7. The predicted octanol–water partition coefficient (Wildman–Crippen LogP) is 6.97. The molecule has 0 saturated heterocycles. The number of esters is 1. The van der Waals surface area contributed by atoms with Crippen LogP contribution in [-0.2, 0) is 22.5 Å². The zero-order valence-electron chi connectivity index (χ0n) is 20.5. The molecule has 2 heterocycles. The van der Waals surface area contributed by atoms with Crippen molar-refractivity contribution in [3.8, 4) is 17.2 Å². The summed E-state index contributed by atoms with van der Waals surface area (Å²) in [5, 5.41) is 11.1. The van der Waals surface area contributed by atoms with Crippen molar-refractivity contribution >= 4 is 40.1 Å². The Morgan fingerprint density at radius 3 is 2.56 bits per heavy atom. The number of ether oxygens (including phenoxy) is 3. The number of hydrogen-bond acceptors (Lipinski definition) is 6. The maximum absolute atomic E-state index is 13.2. The highest BCUT2D eigenvalue weighted by molar-refractivity contribution is 6.35. The topological polar surface area (TPSA) is 82.8 Å². The number of aromatic nitrogens is 2. The highest BCUT2D eigenvalue weighted by Crippen LogP contribution is 2.38. The van der Waals surface area contributed by atoms with Crippen molar-refractivity contribution in [1.29, 1.82) is 0 Å². The van der Waals surface area contributed by atoms with Crippen LogP contribution in [0.4, 0.5) is 8.78 Å². The minimum absolute atomic E-state index is 0.101. The van der Waals surface area contributed by atoms with E-state index in [1.54, 1.807) is 29.0 Å². The first-order chi connectivity index (χ1) is 18.8. The first kappa shape index (κ1) is 27.0. The number of nitrogens with zero attached hydrogens (tertiary/aromatic N) is 2. The van der Waals surface area contributed by atoms with Gasteiger partial charge in [-0.15, -0.1) is 0 Å². The van der Waals surface area contributed by atoms with Crippen LogP contribution in [0.2, 0.25) is 10.0 Å². The summed E-state index contributed by atoms with van der Waals surface area (Å²) in [6, 6.07) is 11.1. The molecule has 1 saturated carbocycles. The molecule has 0 spiro atoms. The van der Waals surface area contributed by atoms with E-state index in [1.165, 1.54) is 36.7 Å². The number of phenolic OH excluding ortho intramolecular Hbond substituents is 1. The lowest BCUT2D eigenvalue weighted by atomic mass is 10.0. The highest BCUT2D eigenvalue weighted by Gasteiger charge is 2.26. The number of rotatable bonds is 11. The van der Waals surface area contributed by atoms with Crippen LogP contribution in [-0.4, -0.2) is 33.8 Å². The first-order valence-corrected chi connectivity index (χ1v) is 13.0. The van der Waals surface area contributed by atoms with Crippen LogP contribution in [0, 0.1) is 5.92 Å². The Hall–Kier alpha value is -3.56. The summed E-state index contributed by atoms with van der Waals surface area (Å²) in [6.07, 6.45) is 5.83. The van der Waals surface area contributed by atoms with Gasteiger partial charge >= 0.3 is 12.6 Å². The third-order valence-electron chi connectivity index (χ3n) is 6.40. The van der Waals surface area contributed by atoms with E-state index in [0.717, 1.165) is 23.7 Å². The highest BCUT2D eigenvalue weighted by atomic mass is 35.5. The molecule has 4 aromatic rings. The second-order valence-corrected chi connectivity index (χ2v) is 10.1. The van der Waals surface area contributed by atoms with Crippen LogP contribution >= 0.6 is 23.2 Å². The summed E-state index contributed by atoms with van der Waals surface area (Å²) in [4.78, 5) is 17.1. The van der Waals surface area contributed by atoms with Crippen molar-refractivity contribution in [3.63, 3.8) is 0 Å². The van der Waals surface area contributed by atoms with E-state index < -0.39 is 18.7 Å². The number of aromatic hydroxyl groups is 1. The number of benzene rings is 2. The lowest BCUT2D eigenvalue weighted by molar-refractivity contribution is -0.150. The van der Waals surface area contributed by atoms with Gasteiger partial charge in [-0.3, -0.25) is 9.78 Å². The molecular formula is C28H24Cl2F2N2O5. The molecule has 2 aromatic heterocycles. The third-order valence-corrected chi connectivity index (χ3v) is 7.05. The molecule has 0 aliphatic heterocycles. The van der Waals surface area contributed by atoms with Gasteiger partial charge in [-0.2, -0.15) is 8.78 Å². The number of phenols is 1. The molecule has 39 heavy (non-hydrogen) atoms. The van der Waals surface area contributed by atoms with E-state index in [0.29, 0.717) is 33.7 Å². The van der Waals surface area contributed by atoms with E-state index in [-0.39, 0.29) is 30.2 Å². The molecule has 1 aliphatic carbocycles. The third kappa shape index (κ3) is 6.72. The van der Waals surface area contributed by atoms with Gasteiger partial charge in [-0.1, -0.05) is 29.3 Å². The molecule has 0 unspecified atom stereocenters. The molecule has 7 nitrogen and oxygen atoms in total. The molecule has 1 fully saturated rings. The van der Waals surface area contributed by atoms with Crippen molar-refractivity contribution < 1.29 is 32.9 Å². The normalized spacial score (nSPS) is 14.0. The fourth-order valence-electron chi connectivity index (χ4n) is 4.23. The number of carbonyl (C=O) groups excluding carboxylic acids is 1. The smallest absolute Gasteiger partial charge is 0.387 e. The SMILES string of the molecule is O=C(Cn1ccc2cc(O)ccc21)O[C@@H](Cc1c(Cl)cncc1Cl)c1ccc(OC(F)F)c(OCC2CC2)c1. The maximum Gasteiger partial charge on any atom is 0.387 e. The van der Waals surface area contributed by atoms with Crippen molar-refractivity contribution in [2.75, 3.05) is 6.61 Å². The van der Waals surface area contributed by atoms with Crippen molar-refractivity contribution in [2.24, 2.45) is 5.92 Å². The second-order valence-electron chi connectivity index (χ2n) is 9.29. The van der Waals surface area contributed by atoms with Gasteiger partial charge < -0.3 is 23.9 Å². The monoisotopic (exact) mass is 576 g/mol. The maximum atomic E-state index is 13.2. The molecule has 11 heteroatoms. The average Bonchev–Trinajstić information content (AvgIpc) is 3.64.